The zero-order valence-corrected chi connectivity index (χ0v) is 18.0. The van der Waals surface area contributed by atoms with Crippen LogP contribution in [0.2, 0.25) is 0 Å². The number of carbonyl (C=O) groups is 1. The summed E-state index contributed by atoms with van der Waals surface area (Å²) in [4.78, 5) is 40.7. The summed E-state index contributed by atoms with van der Waals surface area (Å²) in [5.74, 6) is 0.371. The third-order valence-corrected chi connectivity index (χ3v) is 6.27. The van der Waals surface area contributed by atoms with Crippen LogP contribution in [0.3, 0.4) is 0 Å². The Hall–Kier alpha value is -3.48. The highest BCUT2D eigenvalue weighted by Gasteiger charge is 2.48. The third kappa shape index (κ3) is 3.90. The van der Waals surface area contributed by atoms with Gasteiger partial charge in [0.1, 0.15) is 11.6 Å². The average molecular weight is 440 g/mol. The Kier molecular flexibility index (Phi) is 5.82. The minimum absolute atomic E-state index is 0.00139. The lowest BCUT2D eigenvalue weighted by Crippen LogP contribution is -2.53. The molecule has 2 saturated heterocycles. The molecular weight excluding hydrogens is 415 g/mol. The lowest BCUT2D eigenvalue weighted by atomic mass is 9.91. The number of pyridine rings is 1. The number of anilines is 1. The van der Waals surface area contributed by atoms with E-state index in [1.54, 1.807) is 12.3 Å². The van der Waals surface area contributed by atoms with Gasteiger partial charge in [0, 0.05) is 62.7 Å². The molecule has 1 N–H and O–H groups in total. The minimum atomic E-state index is -2.03. The van der Waals surface area contributed by atoms with Crippen LogP contribution in [-0.2, 0) is 4.79 Å². The first kappa shape index (κ1) is 21.7. The van der Waals surface area contributed by atoms with Gasteiger partial charge in [0.2, 0.25) is 17.3 Å². The van der Waals surface area contributed by atoms with E-state index in [0.717, 1.165) is 0 Å². The number of carbonyl (C=O) groups excluding carboxylic acids is 1. The topological polar surface area (TPSA) is 115 Å². The molecule has 2 fully saturated rings. The van der Waals surface area contributed by atoms with Gasteiger partial charge in [-0.2, -0.15) is 10.2 Å². The highest BCUT2D eigenvalue weighted by Crippen LogP contribution is 2.39. The Morgan fingerprint density at radius 3 is 2.81 bits per heavy atom. The maximum Gasteiger partial charge on any atom is 0.260 e. The van der Waals surface area contributed by atoms with Gasteiger partial charge < -0.3 is 19.5 Å². The predicted octanol–water partition coefficient (Wildman–Crippen LogP) is 1.96. The Bertz CT molecular complexity index is 1110. The zero-order valence-electron chi connectivity index (χ0n) is 18.0. The summed E-state index contributed by atoms with van der Waals surface area (Å²) in [5, 5.41) is 9.18. The van der Waals surface area contributed by atoms with Crippen LogP contribution in [-0.4, -0.2) is 58.2 Å². The van der Waals surface area contributed by atoms with E-state index in [1.165, 1.54) is 24.4 Å². The van der Waals surface area contributed by atoms with Gasteiger partial charge in [0.25, 0.3) is 5.91 Å². The number of amides is 1. The summed E-state index contributed by atoms with van der Waals surface area (Å²) in [7, 11) is 1.51. The van der Waals surface area contributed by atoms with Gasteiger partial charge in [0.05, 0.1) is 13.2 Å². The largest absolute Gasteiger partial charge is 0.481 e. The van der Waals surface area contributed by atoms with Crippen LogP contribution in [0.1, 0.15) is 43.4 Å². The molecule has 0 aromatic carbocycles. The van der Waals surface area contributed by atoms with Crippen molar-refractivity contribution in [2.45, 2.75) is 37.9 Å². The van der Waals surface area contributed by atoms with Crippen LogP contribution >= 0.6 is 0 Å². The molecule has 0 radical (unpaired) electrons. The minimum Gasteiger partial charge on any atom is -0.481 e. The van der Waals surface area contributed by atoms with Crippen molar-refractivity contribution in [1.82, 2.24) is 19.9 Å². The summed E-state index contributed by atoms with van der Waals surface area (Å²) >= 11 is 0. The molecule has 168 valence electrons. The van der Waals surface area contributed by atoms with Gasteiger partial charge >= 0.3 is 0 Å². The number of aromatic amines is 1. The van der Waals surface area contributed by atoms with Gasteiger partial charge in [-0.25, -0.2) is 9.37 Å². The number of rotatable bonds is 4. The van der Waals surface area contributed by atoms with Crippen molar-refractivity contribution in [3.05, 3.63) is 46.0 Å². The Balaban J connectivity index is 1.53. The van der Waals surface area contributed by atoms with Crippen LogP contribution in [0.25, 0.3) is 0 Å². The van der Waals surface area contributed by atoms with Gasteiger partial charge in [-0.1, -0.05) is 6.92 Å². The molecule has 0 saturated carbocycles. The number of nitrogens with one attached hydrogen (secondary N) is 1. The Morgan fingerprint density at radius 2 is 2.12 bits per heavy atom. The van der Waals surface area contributed by atoms with Crippen LogP contribution < -0.4 is 15.1 Å². The number of aromatic nitrogens is 3. The highest BCUT2D eigenvalue weighted by molar-refractivity contribution is 5.86. The molecule has 4 rings (SSSR count). The van der Waals surface area contributed by atoms with E-state index in [9.17, 15) is 14.9 Å². The number of nitrogens with zero attached hydrogens (tertiary/aromatic N) is 5. The van der Waals surface area contributed by atoms with Crippen molar-refractivity contribution in [2.75, 3.05) is 31.6 Å². The second-order valence-corrected chi connectivity index (χ2v) is 8.43. The molecule has 0 spiro atoms. The van der Waals surface area contributed by atoms with Gasteiger partial charge in [-0.05, 0) is 12.3 Å². The molecule has 0 unspecified atom stereocenters. The van der Waals surface area contributed by atoms with E-state index in [2.05, 4.69) is 15.0 Å². The third-order valence-electron chi connectivity index (χ3n) is 6.27. The number of hydrogen-bond donors (Lipinski definition) is 1. The highest BCUT2D eigenvalue weighted by atomic mass is 19.1. The summed E-state index contributed by atoms with van der Waals surface area (Å²) in [6.07, 6.45) is 4.97. The first-order chi connectivity index (χ1) is 15.4. The van der Waals surface area contributed by atoms with Gasteiger partial charge in [-0.3, -0.25) is 9.59 Å². The number of halogens is 1. The number of likely N-dealkylation sites (tertiary alicyclic amines) is 1. The van der Waals surface area contributed by atoms with Crippen LogP contribution in [0.15, 0.2) is 29.5 Å². The molecule has 32 heavy (non-hydrogen) atoms. The summed E-state index contributed by atoms with van der Waals surface area (Å²) in [6, 6.07) is 2.95. The standard InChI is InChI=1S/C22H25FN6O3/c1-14-9-17(16-12-25-11-15(10-24)19(16)30)29(13-14)20(31)22(23)4-7-28(8-5-22)21-26-6-3-18(27-21)32-2/h3,6,11-12,14,17H,4-5,7-9,13H2,1-2H3,(H,25,30)/t14-,17+/m1/s1. The quantitative estimate of drug-likeness (QED) is 0.773. The molecule has 1 amide bonds. The van der Waals surface area contributed by atoms with Crippen molar-refractivity contribution in [1.29, 1.82) is 5.26 Å². The van der Waals surface area contributed by atoms with Crippen LogP contribution in [0, 0.1) is 17.2 Å². The summed E-state index contributed by atoms with van der Waals surface area (Å²) < 4.78 is 21.0. The average Bonchev–Trinajstić information content (AvgIpc) is 3.20. The van der Waals surface area contributed by atoms with Crippen molar-refractivity contribution in [3.8, 4) is 11.9 Å². The van der Waals surface area contributed by atoms with Crippen molar-refractivity contribution < 1.29 is 13.9 Å². The van der Waals surface area contributed by atoms with Crippen molar-refractivity contribution >= 4 is 11.9 Å². The van der Waals surface area contributed by atoms with E-state index in [1.807, 2.05) is 17.9 Å². The Labute approximate surface area is 184 Å². The van der Waals surface area contributed by atoms with E-state index in [-0.39, 0.29) is 37.4 Å². The summed E-state index contributed by atoms with van der Waals surface area (Å²) in [5.41, 5.74) is -2.14. The fourth-order valence-electron chi connectivity index (χ4n) is 4.53. The molecule has 2 aliphatic heterocycles. The lowest BCUT2D eigenvalue weighted by molar-refractivity contribution is -0.146. The normalized spacial score (nSPS) is 22.4. The van der Waals surface area contributed by atoms with E-state index in [0.29, 0.717) is 30.4 Å². The van der Waals surface area contributed by atoms with E-state index in [4.69, 9.17) is 4.74 Å². The first-order valence-electron chi connectivity index (χ1n) is 10.6. The molecule has 0 bridgehead atoms. The van der Waals surface area contributed by atoms with Gasteiger partial charge in [-0.15, -0.1) is 0 Å². The van der Waals surface area contributed by atoms with Crippen molar-refractivity contribution in [2.24, 2.45) is 5.92 Å². The SMILES string of the molecule is COc1ccnc(N2CCC(F)(C(=O)N3C[C@H](C)C[C@H]3c3c[nH]cc(C#N)c3=O)CC2)n1. The molecule has 2 aromatic heterocycles. The molecule has 0 aliphatic carbocycles. The molecule has 9 nitrogen and oxygen atoms in total. The first-order valence-corrected chi connectivity index (χ1v) is 10.6. The monoisotopic (exact) mass is 440 g/mol. The molecular formula is C22H25FN6O3. The van der Waals surface area contributed by atoms with E-state index < -0.39 is 23.0 Å². The number of H-pyrrole nitrogens is 1. The number of nitriles is 1. The number of ether oxygens (including phenoxy) is 1. The smallest absolute Gasteiger partial charge is 0.260 e. The maximum atomic E-state index is 15.9. The van der Waals surface area contributed by atoms with Crippen LogP contribution in [0.4, 0.5) is 10.3 Å². The molecule has 2 aromatic rings. The molecule has 2 atom stereocenters. The number of alkyl halides is 1. The molecule has 4 heterocycles. The zero-order chi connectivity index (χ0) is 22.9. The second kappa shape index (κ2) is 8.57. The fourth-order valence-corrected chi connectivity index (χ4v) is 4.53. The fraction of sp³-hybridized carbons (Fsp3) is 0.500. The van der Waals surface area contributed by atoms with Crippen LogP contribution in [0.5, 0.6) is 5.88 Å². The molecule has 10 heteroatoms. The number of methoxy groups -OCH3 is 1. The second-order valence-electron chi connectivity index (χ2n) is 8.43. The van der Waals surface area contributed by atoms with Gasteiger partial charge in [0.15, 0.2) is 5.67 Å². The van der Waals surface area contributed by atoms with E-state index >= 15 is 4.39 Å². The Morgan fingerprint density at radius 1 is 1.38 bits per heavy atom. The number of piperidine rings is 1. The van der Waals surface area contributed by atoms with Crippen molar-refractivity contribution in [3.63, 3.8) is 0 Å². The predicted molar refractivity (Wildman–Crippen MR) is 114 cm³/mol. The molecule has 2 aliphatic rings. The maximum absolute atomic E-state index is 15.9. The summed E-state index contributed by atoms with van der Waals surface area (Å²) in [6.45, 7) is 2.91. The number of hydrogen-bond acceptors (Lipinski definition) is 7. The lowest BCUT2D eigenvalue weighted by Gasteiger charge is -2.38.